The van der Waals surface area contributed by atoms with Gasteiger partial charge in [0.2, 0.25) is 0 Å². The van der Waals surface area contributed by atoms with Gasteiger partial charge < -0.3 is 10.2 Å². The molecule has 0 aliphatic heterocycles. The minimum atomic E-state index is -1.83. The Hall–Kier alpha value is -0.963. The fourth-order valence-electron chi connectivity index (χ4n) is 3.09. The van der Waals surface area contributed by atoms with E-state index in [2.05, 4.69) is 41.5 Å². The monoisotopic (exact) mass is 265 g/mol. The van der Waals surface area contributed by atoms with Gasteiger partial charge in [-0.05, 0) is 40.9 Å². The molecule has 0 aliphatic carbocycles. The quantitative estimate of drug-likeness (QED) is 0.611. The summed E-state index contributed by atoms with van der Waals surface area (Å²) in [6, 6.07) is 7.80. The molecule has 2 nitrogen and oxygen atoms in total. The van der Waals surface area contributed by atoms with Crippen LogP contribution in [0.2, 0.25) is 16.6 Å². The Morgan fingerprint density at radius 3 is 1.56 bits per heavy atom. The largest absolute Gasteiger partial charge is 0.543 e. The van der Waals surface area contributed by atoms with E-state index in [4.69, 9.17) is 10.2 Å². The van der Waals surface area contributed by atoms with Gasteiger partial charge in [-0.1, -0.05) is 41.5 Å². The maximum atomic E-state index is 6.52. The van der Waals surface area contributed by atoms with Crippen molar-refractivity contribution in [1.82, 2.24) is 0 Å². The smallest absolute Gasteiger partial charge is 0.258 e. The fraction of sp³-hybridized carbons (Fsp3) is 0.600. The van der Waals surface area contributed by atoms with Gasteiger partial charge in [0, 0.05) is 5.69 Å². The Morgan fingerprint density at radius 1 is 0.833 bits per heavy atom. The van der Waals surface area contributed by atoms with E-state index in [9.17, 15) is 0 Å². The van der Waals surface area contributed by atoms with E-state index in [1.54, 1.807) is 0 Å². The predicted octanol–water partition coefficient (Wildman–Crippen LogP) is 4.82. The van der Waals surface area contributed by atoms with Crippen LogP contribution in [0.5, 0.6) is 5.75 Å². The highest BCUT2D eigenvalue weighted by atomic mass is 28.4. The summed E-state index contributed by atoms with van der Waals surface area (Å²) in [5.41, 5.74) is 8.29. The minimum absolute atomic E-state index is 0.593. The highest BCUT2D eigenvalue weighted by Crippen LogP contribution is 2.42. The van der Waals surface area contributed by atoms with E-state index in [0.29, 0.717) is 16.6 Å². The van der Waals surface area contributed by atoms with Crippen LogP contribution in [0.3, 0.4) is 0 Å². The standard InChI is InChI=1S/C15H27NOSi/c1-11(2)18(12(3)4,13(5)6)17-15-9-7-14(16)8-10-15/h7-13H,16H2,1-6H3. The van der Waals surface area contributed by atoms with Gasteiger partial charge in [-0.25, -0.2) is 0 Å². The summed E-state index contributed by atoms with van der Waals surface area (Å²) in [7, 11) is -1.83. The Morgan fingerprint density at radius 2 is 1.22 bits per heavy atom. The van der Waals surface area contributed by atoms with Crippen molar-refractivity contribution in [1.29, 1.82) is 0 Å². The van der Waals surface area contributed by atoms with Crippen LogP contribution in [-0.4, -0.2) is 8.32 Å². The van der Waals surface area contributed by atoms with E-state index in [1.807, 2.05) is 24.3 Å². The van der Waals surface area contributed by atoms with Crippen LogP contribution in [0.4, 0.5) is 5.69 Å². The van der Waals surface area contributed by atoms with Gasteiger partial charge in [0.25, 0.3) is 8.32 Å². The molecule has 0 heterocycles. The van der Waals surface area contributed by atoms with E-state index in [-0.39, 0.29) is 0 Å². The summed E-state index contributed by atoms with van der Waals surface area (Å²) in [5.74, 6) is 0.965. The molecule has 0 unspecified atom stereocenters. The van der Waals surface area contributed by atoms with Crippen LogP contribution in [0.1, 0.15) is 41.5 Å². The van der Waals surface area contributed by atoms with Crippen LogP contribution < -0.4 is 10.2 Å². The topological polar surface area (TPSA) is 35.2 Å². The second kappa shape index (κ2) is 5.78. The number of anilines is 1. The van der Waals surface area contributed by atoms with Crippen molar-refractivity contribution in [3.05, 3.63) is 24.3 Å². The average Bonchev–Trinajstić information content (AvgIpc) is 2.26. The molecule has 0 fully saturated rings. The average molecular weight is 265 g/mol. The third-order valence-electron chi connectivity index (χ3n) is 3.88. The van der Waals surface area contributed by atoms with Crippen molar-refractivity contribution in [3.8, 4) is 5.75 Å². The summed E-state index contributed by atoms with van der Waals surface area (Å²) in [4.78, 5) is 0. The Balaban J connectivity index is 3.08. The van der Waals surface area contributed by atoms with Crippen LogP contribution in [-0.2, 0) is 0 Å². The van der Waals surface area contributed by atoms with Crippen molar-refractivity contribution >= 4 is 14.0 Å². The van der Waals surface area contributed by atoms with Gasteiger partial charge in [0.15, 0.2) is 0 Å². The molecule has 0 bridgehead atoms. The number of rotatable bonds is 5. The number of hydrogen-bond donors (Lipinski definition) is 1. The van der Waals surface area contributed by atoms with Gasteiger partial charge in [-0.2, -0.15) is 0 Å². The zero-order chi connectivity index (χ0) is 13.9. The zero-order valence-corrected chi connectivity index (χ0v) is 13.5. The van der Waals surface area contributed by atoms with Crippen LogP contribution in [0, 0.1) is 0 Å². The van der Waals surface area contributed by atoms with Crippen LogP contribution in [0.25, 0.3) is 0 Å². The summed E-state index contributed by atoms with van der Waals surface area (Å²) in [6.07, 6.45) is 0. The van der Waals surface area contributed by atoms with Crippen molar-refractivity contribution in [2.75, 3.05) is 5.73 Å². The summed E-state index contributed by atoms with van der Waals surface area (Å²) >= 11 is 0. The van der Waals surface area contributed by atoms with E-state index >= 15 is 0 Å². The summed E-state index contributed by atoms with van der Waals surface area (Å²) in [6.45, 7) is 13.8. The first-order valence-corrected chi connectivity index (χ1v) is 8.99. The molecule has 0 saturated heterocycles. The first-order valence-electron chi connectivity index (χ1n) is 6.85. The van der Waals surface area contributed by atoms with E-state index in [1.165, 1.54) is 0 Å². The molecule has 0 atom stereocenters. The number of nitrogens with two attached hydrogens (primary N) is 1. The molecule has 18 heavy (non-hydrogen) atoms. The first-order chi connectivity index (χ1) is 8.30. The molecule has 0 spiro atoms. The highest BCUT2D eigenvalue weighted by Gasteiger charge is 2.46. The SMILES string of the molecule is CC(C)[Si](Oc1ccc(N)cc1)(C(C)C)C(C)C. The lowest BCUT2D eigenvalue weighted by molar-refractivity contribution is 0.480. The normalized spacial score (nSPS) is 12.5. The molecule has 0 saturated carbocycles. The molecule has 1 aromatic rings. The zero-order valence-electron chi connectivity index (χ0n) is 12.5. The summed E-state index contributed by atoms with van der Waals surface area (Å²) < 4.78 is 6.52. The maximum absolute atomic E-state index is 6.52. The van der Waals surface area contributed by atoms with Crippen LogP contribution in [0.15, 0.2) is 24.3 Å². The molecule has 3 heteroatoms. The first kappa shape index (κ1) is 15.1. The third-order valence-corrected chi connectivity index (χ3v) is 9.89. The Labute approximate surface area is 113 Å². The molecule has 1 aromatic carbocycles. The van der Waals surface area contributed by atoms with Gasteiger partial charge >= 0.3 is 0 Å². The van der Waals surface area contributed by atoms with Gasteiger partial charge in [0.1, 0.15) is 5.75 Å². The maximum Gasteiger partial charge on any atom is 0.258 e. The van der Waals surface area contributed by atoms with E-state index < -0.39 is 8.32 Å². The summed E-state index contributed by atoms with van der Waals surface area (Å²) in [5, 5.41) is 0. The molecular weight excluding hydrogens is 238 g/mol. The lowest BCUT2D eigenvalue weighted by Crippen LogP contribution is -2.50. The molecule has 0 radical (unpaired) electrons. The molecular formula is C15H27NOSi. The molecule has 102 valence electrons. The number of hydrogen-bond acceptors (Lipinski definition) is 2. The third kappa shape index (κ3) is 2.89. The lowest BCUT2D eigenvalue weighted by Gasteiger charge is -2.42. The second-order valence-electron chi connectivity index (χ2n) is 5.99. The fourth-order valence-corrected chi connectivity index (χ4v) is 8.34. The molecule has 1 rings (SSSR count). The van der Waals surface area contributed by atoms with Crippen LogP contribution >= 0.6 is 0 Å². The van der Waals surface area contributed by atoms with Crippen molar-refractivity contribution < 1.29 is 4.43 Å². The van der Waals surface area contributed by atoms with Crippen molar-refractivity contribution in [2.24, 2.45) is 0 Å². The second-order valence-corrected chi connectivity index (χ2v) is 11.4. The highest BCUT2D eigenvalue weighted by molar-refractivity contribution is 6.78. The Bertz CT molecular complexity index is 349. The predicted molar refractivity (Wildman–Crippen MR) is 82.5 cm³/mol. The van der Waals surface area contributed by atoms with Gasteiger partial charge in [0.05, 0.1) is 0 Å². The molecule has 0 aromatic heterocycles. The van der Waals surface area contributed by atoms with Crippen molar-refractivity contribution in [3.63, 3.8) is 0 Å². The Kier molecular flexibility index (Phi) is 4.85. The van der Waals surface area contributed by atoms with Gasteiger partial charge in [-0.3, -0.25) is 0 Å². The molecule has 2 N–H and O–H groups in total. The lowest BCUT2D eigenvalue weighted by atomic mass is 10.3. The van der Waals surface area contributed by atoms with Gasteiger partial charge in [-0.15, -0.1) is 0 Å². The minimum Gasteiger partial charge on any atom is -0.543 e. The number of nitrogen functional groups attached to an aromatic ring is 1. The van der Waals surface area contributed by atoms with E-state index in [0.717, 1.165) is 11.4 Å². The molecule has 0 amide bonds. The van der Waals surface area contributed by atoms with Crippen molar-refractivity contribution in [2.45, 2.75) is 58.2 Å². The number of benzene rings is 1. The molecule has 0 aliphatic rings.